The molecule has 2 atom stereocenters. The van der Waals surface area contributed by atoms with E-state index in [1.807, 2.05) is 30.3 Å². The Bertz CT molecular complexity index is 1350. The molecule has 10 heteroatoms. The molecule has 7 nitrogen and oxygen atoms in total. The van der Waals surface area contributed by atoms with Crippen molar-refractivity contribution >= 4 is 21.0 Å². The van der Waals surface area contributed by atoms with Crippen molar-refractivity contribution in [3.8, 4) is 5.75 Å². The summed E-state index contributed by atoms with van der Waals surface area (Å²) in [6.45, 7) is 5.31. The van der Waals surface area contributed by atoms with Gasteiger partial charge in [0, 0.05) is 19.2 Å². The van der Waals surface area contributed by atoms with Gasteiger partial charge in [-0.25, -0.2) is 26.0 Å². The van der Waals surface area contributed by atoms with Crippen molar-refractivity contribution in [1.82, 2.24) is 9.03 Å². The molecule has 0 aliphatic carbocycles. The number of methoxy groups -OCH3 is 1. The zero-order valence-electron chi connectivity index (χ0n) is 23.0. The van der Waals surface area contributed by atoms with Crippen molar-refractivity contribution in [3.63, 3.8) is 0 Å². The molecule has 0 heterocycles. The van der Waals surface area contributed by atoms with E-state index in [0.29, 0.717) is 5.75 Å². The highest BCUT2D eigenvalue weighted by Gasteiger charge is 2.44. The van der Waals surface area contributed by atoms with Crippen molar-refractivity contribution in [2.45, 2.75) is 44.2 Å². The summed E-state index contributed by atoms with van der Waals surface area (Å²) >= 11 is 0. The number of halogens is 1. The fraction of sp³-hybridized carbons (Fsp3) is 0.379. The average molecular weight is 577 g/mol. The Morgan fingerprint density at radius 3 is 2.13 bits per heavy atom. The highest BCUT2D eigenvalue weighted by molar-refractivity contribution is 7.89. The van der Waals surface area contributed by atoms with E-state index < -0.39 is 42.9 Å². The first-order chi connectivity index (χ1) is 18.4. The number of nitrogens with zero attached hydrogens (tertiary/aromatic N) is 1. The van der Waals surface area contributed by atoms with Crippen LogP contribution in [-0.2, 0) is 44.4 Å². The molecule has 3 rings (SSSR count). The lowest BCUT2D eigenvalue weighted by Gasteiger charge is -2.37. The van der Waals surface area contributed by atoms with Gasteiger partial charge in [0.25, 0.3) is 0 Å². The van der Waals surface area contributed by atoms with Gasteiger partial charge in [0.15, 0.2) is 0 Å². The third-order valence-electron chi connectivity index (χ3n) is 6.16. The van der Waals surface area contributed by atoms with Gasteiger partial charge in [-0.15, -0.1) is 0 Å². The van der Waals surface area contributed by atoms with E-state index in [0.717, 1.165) is 11.1 Å². The highest BCUT2D eigenvalue weighted by atomic mass is 32.2. The Kier molecular flexibility index (Phi) is 10.4. The minimum Gasteiger partial charge on any atom is -0.497 e. The van der Waals surface area contributed by atoms with Crippen LogP contribution in [0.4, 0.5) is 4.39 Å². The first-order valence-corrected chi connectivity index (χ1v) is 15.3. The van der Waals surface area contributed by atoms with Crippen LogP contribution in [-0.4, -0.2) is 48.2 Å². The van der Waals surface area contributed by atoms with E-state index in [-0.39, 0.29) is 25.3 Å². The second-order valence-electron chi connectivity index (χ2n) is 10.4. The summed E-state index contributed by atoms with van der Waals surface area (Å²) < 4.78 is 71.0. The third kappa shape index (κ3) is 8.43. The molecule has 0 amide bonds. The molecule has 0 saturated carbocycles. The summed E-state index contributed by atoms with van der Waals surface area (Å²) in [5.41, 5.74) is 0.0454. The molecule has 0 aliphatic rings. The van der Waals surface area contributed by atoms with Gasteiger partial charge in [0.05, 0.1) is 47.3 Å². The fourth-order valence-electron chi connectivity index (χ4n) is 3.92. The van der Waals surface area contributed by atoms with Crippen LogP contribution in [0.1, 0.15) is 37.5 Å². The van der Waals surface area contributed by atoms with E-state index in [9.17, 15) is 12.6 Å². The number of hydrogen-bond donors (Lipinski definition) is 1. The van der Waals surface area contributed by atoms with Gasteiger partial charge < -0.3 is 9.47 Å². The maximum Gasteiger partial charge on any atom is 0.216 e. The van der Waals surface area contributed by atoms with Crippen LogP contribution >= 0.6 is 0 Å². The molecule has 0 saturated heterocycles. The van der Waals surface area contributed by atoms with Gasteiger partial charge in [0.2, 0.25) is 10.0 Å². The Hall–Kier alpha value is -2.63. The van der Waals surface area contributed by atoms with Gasteiger partial charge in [-0.1, -0.05) is 60.7 Å². The topological polar surface area (TPSA) is 84.9 Å². The van der Waals surface area contributed by atoms with Crippen molar-refractivity contribution in [2.24, 2.45) is 0 Å². The fourth-order valence-corrected chi connectivity index (χ4v) is 6.41. The quantitative estimate of drug-likeness (QED) is 0.317. The summed E-state index contributed by atoms with van der Waals surface area (Å²) in [4.78, 5) is 0. The number of ether oxygens (including phenoxy) is 2. The molecule has 0 bridgehead atoms. The summed E-state index contributed by atoms with van der Waals surface area (Å²) in [7, 11) is -2.74. The molecule has 39 heavy (non-hydrogen) atoms. The van der Waals surface area contributed by atoms with Gasteiger partial charge in [-0.05, 0) is 50.1 Å². The monoisotopic (exact) mass is 576 g/mol. The first kappa shape index (κ1) is 30.9. The molecule has 3 aromatic rings. The van der Waals surface area contributed by atoms with Gasteiger partial charge in [-0.3, -0.25) is 0 Å². The summed E-state index contributed by atoms with van der Waals surface area (Å²) in [5, 5.41) is 0. The van der Waals surface area contributed by atoms with Crippen LogP contribution in [0.2, 0.25) is 0 Å². The molecule has 2 unspecified atom stereocenters. The van der Waals surface area contributed by atoms with Crippen molar-refractivity contribution in [2.75, 3.05) is 26.5 Å². The number of rotatable bonds is 13. The summed E-state index contributed by atoms with van der Waals surface area (Å²) in [6, 6.07) is 22.4. The molecule has 1 N–H and O–H groups in total. The molecule has 0 fully saturated rings. The molecule has 3 aromatic carbocycles. The largest absolute Gasteiger partial charge is 0.497 e. The standard InChI is InChI=1S/C29H37FN2O5S2/c1-28(2,3)38(33)31-29(26-13-9-10-14-27(26)30,21-37-20-24-11-7-6-8-12-24)22-39(34,35)32(4)19-23-15-17-25(36-5)18-16-23/h6-18,31H,19-22H2,1-5H3. The zero-order valence-corrected chi connectivity index (χ0v) is 24.6. The maximum atomic E-state index is 15.4. The van der Waals surface area contributed by atoms with Crippen molar-refractivity contribution in [3.05, 3.63) is 101 Å². The Morgan fingerprint density at radius 1 is 0.923 bits per heavy atom. The SMILES string of the molecule is COc1ccc(CN(C)S(=O)(=O)CC(COCc2ccccc2)(NS(=O)C(C)(C)C)c2ccccc2F)cc1. The van der Waals surface area contributed by atoms with Crippen LogP contribution in [0.15, 0.2) is 78.9 Å². The lowest BCUT2D eigenvalue weighted by atomic mass is 9.93. The molecule has 0 radical (unpaired) electrons. The van der Waals surface area contributed by atoms with Crippen molar-refractivity contribution in [1.29, 1.82) is 0 Å². The van der Waals surface area contributed by atoms with Crippen molar-refractivity contribution < 1.29 is 26.5 Å². The predicted molar refractivity (Wildman–Crippen MR) is 153 cm³/mol. The average Bonchev–Trinajstić information content (AvgIpc) is 2.89. The molecule has 0 aromatic heterocycles. The zero-order chi connectivity index (χ0) is 28.7. The smallest absolute Gasteiger partial charge is 0.216 e. The normalized spacial score (nSPS) is 14.6. The minimum absolute atomic E-state index is 0.0667. The Labute approximate surface area is 234 Å². The van der Waals surface area contributed by atoms with E-state index in [1.54, 1.807) is 58.2 Å². The number of nitrogens with one attached hydrogen (secondary N) is 1. The number of sulfonamides is 1. The molecule has 212 valence electrons. The maximum absolute atomic E-state index is 15.4. The van der Waals surface area contributed by atoms with Gasteiger partial charge in [-0.2, -0.15) is 0 Å². The molecular formula is C29H37FN2O5S2. The van der Waals surface area contributed by atoms with Crippen LogP contribution in [0.25, 0.3) is 0 Å². The summed E-state index contributed by atoms with van der Waals surface area (Å²) in [6.07, 6.45) is 0. The van der Waals surface area contributed by atoms with E-state index in [1.165, 1.54) is 29.6 Å². The molecule has 0 aliphatic heterocycles. The van der Waals surface area contributed by atoms with Gasteiger partial charge >= 0.3 is 0 Å². The molecule has 0 spiro atoms. The predicted octanol–water partition coefficient (Wildman–Crippen LogP) is 4.76. The highest BCUT2D eigenvalue weighted by Crippen LogP contribution is 2.30. The number of hydrogen-bond acceptors (Lipinski definition) is 5. The Morgan fingerprint density at radius 2 is 1.54 bits per heavy atom. The second kappa shape index (κ2) is 13.1. The first-order valence-electron chi connectivity index (χ1n) is 12.5. The summed E-state index contributed by atoms with van der Waals surface area (Å²) in [5.74, 6) is -0.538. The molecular weight excluding hydrogens is 539 g/mol. The van der Waals surface area contributed by atoms with Crippen LogP contribution in [0, 0.1) is 5.82 Å². The van der Waals surface area contributed by atoms with E-state index in [4.69, 9.17) is 9.47 Å². The second-order valence-corrected chi connectivity index (χ2v) is 14.4. The Balaban J connectivity index is 2.00. The van der Waals surface area contributed by atoms with E-state index in [2.05, 4.69) is 4.72 Å². The minimum atomic E-state index is -4.02. The van der Waals surface area contributed by atoms with Crippen LogP contribution in [0.5, 0.6) is 5.75 Å². The number of benzene rings is 3. The van der Waals surface area contributed by atoms with Crippen LogP contribution < -0.4 is 9.46 Å². The van der Waals surface area contributed by atoms with Gasteiger partial charge in [0.1, 0.15) is 11.6 Å². The lowest BCUT2D eigenvalue weighted by Crippen LogP contribution is -2.56. The van der Waals surface area contributed by atoms with E-state index >= 15 is 4.39 Å². The third-order valence-corrected chi connectivity index (χ3v) is 9.79. The van der Waals surface area contributed by atoms with Crippen LogP contribution in [0.3, 0.4) is 0 Å². The lowest BCUT2D eigenvalue weighted by molar-refractivity contribution is 0.0719.